The number of methoxy groups -OCH3 is 1. The fourth-order valence-corrected chi connectivity index (χ4v) is 1.21. The number of carbonyl (C=O) groups excluding carboxylic acids is 2. The van der Waals surface area contributed by atoms with E-state index >= 15 is 0 Å². The highest BCUT2D eigenvalue weighted by Gasteiger charge is 2.14. The topological polar surface area (TPSA) is 81.4 Å². The average Bonchev–Trinajstić information content (AvgIpc) is 2.56. The van der Waals surface area contributed by atoms with Gasteiger partial charge in [-0.3, -0.25) is 9.48 Å². The summed E-state index contributed by atoms with van der Waals surface area (Å²) in [6.45, 7) is 1.68. The molecule has 0 aromatic carbocycles. The quantitative estimate of drug-likeness (QED) is 0.347. The summed E-state index contributed by atoms with van der Waals surface area (Å²) < 4.78 is 5.72. The van der Waals surface area contributed by atoms with E-state index in [-0.39, 0.29) is 5.76 Å². The van der Waals surface area contributed by atoms with Crippen LogP contribution in [0.25, 0.3) is 5.76 Å². The van der Waals surface area contributed by atoms with Crippen LogP contribution in [0.4, 0.5) is 0 Å². The molecule has 0 aliphatic carbocycles. The van der Waals surface area contributed by atoms with E-state index in [4.69, 9.17) is 0 Å². The zero-order valence-corrected chi connectivity index (χ0v) is 9.22. The first-order valence-electron chi connectivity index (χ1n) is 4.49. The van der Waals surface area contributed by atoms with Crippen molar-refractivity contribution in [3.63, 3.8) is 0 Å². The number of aryl methyl sites for hydroxylation is 2. The smallest absolute Gasteiger partial charge is 0.378 e. The van der Waals surface area contributed by atoms with Gasteiger partial charge in [-0.1, -0.05) is 0 Å². The van der Waals surface area contributed by atoms with Gasteiger partial charge < -0.3 is 9.84 Å². The molecular weight excluding hydrogens is 212 g/mol. The minimum absolute atomic E-state index is 0.305. The van der Waals surface area contributed by atoms with Crippen LogP contribution in [0.15, 0.2) is 12.3 Å². The van der Waals surface area contributed by atoms with E-state index in [1.165, 1.54) is 4.68 Å². The summed E-state index contributed by atoms with van der Waals surface area (Å²) in [5.41, 5.74) is 0.966. The molecule has 1 heterocycles. The van der Waals surface area contributed by atoms with E-state index in [0.29, 0.717) is 11.3 Å². The fraction of sp³-hybridized carbons (Fsp3) is 0.300. The molecule has 0 unspecified atom stereocenters. The number of ether oxygens (including phenoxy) is 1. The molecule has 6 heteroatoms. The van der Waals surface area contributed by atoms with Crippen molar-refractivity contribution in [2.75, 3.05) is 7.11 Å². The Morgan fingerprint density at radius 3 is 2.62 bits per heavy atom. The Balaban J connectivity index is 2.98. The first-order chi connectivity index (χ1) is 7.45. The first kappa shape index (κ1) is 12.0. The number of ketones is 1. The Kier molecular flexibility index (Phi) is 3.44. The molecule has 16 heavy (non-hydrogen) atoms. The Morgan fingerprint density at radius 1 is 1.56 bits per heavy atom. The van der Waals surface area contributed by atoms with Crippen molar-refractivity contribution in [1.82, 2.24) is 9.78 Å². The molecule has 0 amide bonds. The molecule has 0 saturated carbocycles. The largest absolute Gasteiger partial charge is 0.507 e. The zero-order chi connectivity index (χ0) is 12.3. The molecule has 0 bridgehead atoms. The standard InChI is InChI=1S/C10H12N2O4/c1-6-7(5-12(2)11-6)8(13)4-9(14)10(15)16-3/h4-5,13H,1-3H3/b8-4-. The van der Waals surface area contributed by atoms with Crippen molar-refractivity contribution >= 4 is 17.5 Å². The number of hydrogen-bond donors (Lipinski definition) is 1. The van der Waals surface area contributed by atoms with Crippen molar-refractivity contribution < 1.29 is 19.4 Å². The van der Waals surface area contributed by atoms with Gasteiger partial charge in [-0.25, -0.2) is 4.79 Å². The zero-order valence-electron chi connectivity index (χ0n) is 9.22. The Morgan fingerprint density at radius 2 is 2.19 bits per heavy atom. The number of hydrogen-bond acceptors (Lipinski definition) is 5. The van der Waals surface area contributed by atoms with Crippen LogP contribution in [-0.2, 0) is 21.4 Å². The molecule has 0 aliphatic rings. The van der Waals surface area contributed by atoms with Crippen LogP contribution >= 0.6 is 0 Å². The molecule has 0 saturated heterocycles. The van der Waals surface area contributed by atoms with Gasteiger partial charge in [0.1, 0.15) is 5.76 Å². The summed E-state index contributed by atoms with van der Waals surface area (Å²) >= 11 is 0. The lowest BCUT2D eigenvalue weighted by Gasteiger charge is -1.96. The molecule has 1 rings (SSSR count). The van der Waals surface area contributed by atoms with Gasteiger partial charge in [-0.15, -0.1) is 0 Å². The maximum Gasteiger partial charge on any atom is 0.378 e. The minimum atomic E-state index is -1.02. The van der Waals surface area contributed by atoms with Gasteiger partial charge in [0.15, 0.2) is 0 Å². The summed E-state index contributed by atoms with van der Waals surface area (Å²) in [6, 6.07) is 0. The van der Waals surface area contributed by atoms with Crippen LogP contribution in [-0.4, -0.2) is 33.7 Å². The van der Waals surface area contributed by atoms with Crippen LogP contribution < -0.4 is 0 Å². The number of esters is 1. The van der Waals surface area contributed by atoms with Gasteiger partial charge in [0.05, 0.1) is 18.4 Å². The minimum Gasteiger partial charge on any atom is -0.507 e. The Hall–Kier alpha value is -2.11. The average molecular weight is 224 g/mol. The molecule has 1 N–H and O–H groups in total. The lowest BCUT2D eigenvalue weighted by molar-refractivity contribution is -0.149. The summed E-state index contributed by atoms with van der Waals surface area (Å²) in [5, 5.41) is 13.6. The van der Waals surface area contributed by atoms with Crippen molar-refractivity contribution in [3.05, 3.63) is 23.5 Å². The van der Waals surface area contributed by atoms with Crippen molar-refractivity contribution in [2.45, 2.75) is 6.92 Å². The number of rotatable bonds is 3. The Labute approximate surface area is 92.1 Å². The van der Waals surface area contributed by atoms with E-state index in [2.05, 4.69) is 9.84 Å². The lowest BCUT2D eigenvalue weighted by Crippen LogP contribution is -2.13. The predicted molar refractivity (Wildman–Crippen MR) is 55.6 cm³/mol. The summed E-state index contributed by atoms with van der Waals surface area (Å²) in [6.07, 6.45) is 2.36. The van der Waals surface area contributed by atoms with Crippen LogP contribution in [0.3, 0.4) is 0 Å². The predicted octanol–water partition coefficient (Wildman–Crippen LogP) is 0.370. The van der Waals surface area contributed by atoms with Gasteiger partial charge in [-0.2, -0.15) is 5.10 Å². The number of aliphatic hydroxyl groups excluding tert-OH is 1. The van der Waals surface area contributed by atoms with E-state index in [1.54, 1.807) is 20.2 Å². The molecule has 0 spiro atoms. The van der Waals surface area contributed by atoms with Gasteiger partial charge in [0.25, 0.3) is 5.78 Å². The van der Waals surface area contributed by atoms with Gasteiger partial charge in [0, 0.05) is 19.3 Å². The maximum absolute atomic E-state index is 11.1. The van der Waals surface area contributed by atoms with Gasteiger partial charge in [-0.05, 0) is 6.92 Å². The van der Waals surface area contributed by atoms with Crippen LogP contribution in [0, 0.1) is 6.92 Å². The lowest BCUT2D eigenvalue weighted by atomic mass is 10.2. The monoisotopic (exact) mass is 224 g/mol. The fourth-order valence-electron chi connectivity index (χ4n) is 1.21. The summed E-state index contributed by atoms with van der Waals surface area (Å²) in [5.74, 6) is -2.24. The van der Waals surface area contributed by atoms with Crippen LogP contribution in [0.5, 0.6) is 0 Å². The summed E-state index contributed by atoms with van der Waals surface area (Å²) in [4.78, 5) is 22.0. The third-order valence-corrected chi connectivity index (χ3v) is 1.94. The molecule has 1 aromatic rings. The van der Waals surface area contributed by atoms with Crippen molar-refractivity contribution in [1.29, 1.82) is 0 Å². The molecular formula is C10H12N2O4. The third-order valence-electron chi connectivity index (χ3n) is 1.94. The number of aliphatic hydroxyl groups is 1. The van der Waals surface area contributed by atoms with E-state index < -0.39 is 11.8 Å². The molecule has 6 nitrogen and oxygen atoms in total. The molecule has 0 aliphatic heterocycles. The van der Waals surface area contributed by atoms with Crippen LogP contribution in [0.1, 0.15) is 11.3 Å². The van der Waals surface area contributed by atoms with E-state index in [0.717, 1.165) is 13.2 Å². The molecule has 0 fully saturated rings. The number of nitrogens with zero attached hydrogens (tertiary/aromatic N) is 2. The van der Waals surface area contributed by atoms with Crippen molar-refractivity contribution in [3.8, 4) is 0 Å². The highest BCUT2D eigenvalue weighted by Crippen LogP contribution is 2.14. The summed E-state index contributed by atoms with van der Waals surface area (Å²) in [7, 11) is 2.78. The normalized spacial score (nSPS) is 11.3. The highest BCUT2D eigenvalue weighted by atomic mass is 16.5. The van der Waals surface area contributed by atoms with Gasteiger partial charge in [0.2, 0.25) is 0 Å². The second-order valence-corrected chi connectivity index (χ2v) is 3.19. The van der Waals surface area contributed by atoms with E-state index in [1.807, 2.05) is 0 Å². The van der Waals surface area contributed by atoms with Crippen LogP contribution in [0.2, 0.25) is 0 Å². The van der Waals surface area contributed by atoms with Crippen molar-refractivity contribution in [2.24, 2.45) is 7.05 Å². The third kappa shape index (κ3) is 2.47. The maximum atomic E-state index is 11.1. The number of aromatic nitrogens is 2. The SMILES string of the molecule is COC(=O)C(=O)/C=C(\O)c1cn(C)nc1C. The second kappa shape index (κ2) is 4.61. The molecule has 86 valence electrons. The Bertz CT molecular complexity index is 459. The molecule has 1 aromatic heterocycles. The van der Waals surface area contributed by atoms with E-state index in [9.17, 15) is 14.7 Å². The van der Waals surface area contributed by atoms with Gasteiger partial charge >= 0.3 is 5.97 Å². The molecule has 0 radical (unpaired) electrons. The second-order valence-electron chi connectivity index (χ2n) is 3.19. The molecule has 0 atom stereocenters. The highest BCUT2D eigenvalue weighted by molar-refractivity contribution is 6.39. The first-order valence-corrected chi connectivity index (χ1v) is 4.49. The number of carbonyl (C=O) groups is 2.